The zero-order valence-corrected chi connectivity index (χ0v) is 12.1. The number of aromatic nitrogens is 1. The number of pyridine rings is 1. The van der Waals surface area contributed by atoms with Gasteiger partial charge in [0.2, 0.25) is 5.75 Å². The Balaban J connectivity index is 3.14. The highest BCUT2D eigenvalue weighted by Crippen LogP contribution is 2.46. The fraction of sp³-hybridized carbons (Fsp3) is 0.100. The second kappa shape index (κ2) is 5.19. The molecule has 0 amide bonds. The Bertz CT molecular complexity index is 923. The Hall–Kier alpha value is -2.70. The smallest absolute Gasteiger partial charge is 0.417 e. The highest BCUT2D eigenvalue weighted by molar-refractivity contribution is 9.10. The van der Waals surface area contributed by atoms with E-state index in [0.29, 0.717) is 6.07 Å². The molecule has 0 aliphatic carbocycles. The summed E-state index contributed by atoms with van der Waals surface area (Å²) >= 11 is 2.42. The van der Waals surface area contributed by atoms with E-state index in [2.05, 4.69) is 15.9 Å². The molecule has 0 saturated carbocycles. The Labute approximate surface area is 130 Å². The molecule has 23 heavy (non-hydrogen) atoms. The average Bonchev–Trinajstić information content (AvgIpc) is 2.36. The van der Waals surface area contributed by atoms with Gasteiger partial charge in [-0.05, 0) is 22.0 Å². The van der Waals surface area contributed by atoms with Crippen molar-refractivity contribution < 1.29 is 28.1 Å². The van der Waals surface area contributed by atoms with Gasteiger partial charge < -0.3 is 10.1 Å². The molecule has 2 rings (SSSR count). The van der Waals surface area contributed by atoms with Gasteiger partial charge in [0.25, 0.3) is 5.69 Å². The summed E-state index contributed by atoms with van der Waals surface area (Å²) in [5.41, 5.74) is -6.41. The minimum atomic E-state index is -5.01. The van der Waals surface area contributed by atoms with E-state index in [1.54, 1.807) is 4.98 Å². The number of H-pyrrole nitrogens is 1. The number of nitro benzene ring substituents is 1. The normalized spacial score (nSPS) is 11.7. The van der Waals surface area contributed by atoms with E-state index in [9.17, 15) is 43.3 Å². The minimum absolute atomic E-state index is 0.331. The van der Waals surface area contributed by atoms with Gasteiger partial charge in [0.1, 0.15) is 9.86 Å². The van der Waals surface area contributed by atoms with Crippen molar-refractivity contribution in [2.75, 3.05) is 0 Å². The van der Waals surface area contributed by atoms with Crippen LogP contribution < -0.4 is 5.56 Å². The molecule has 2 aromatic rings. The third kappa shape index (κ3) is 2.58. The van der Waals surface area contributed by atoms with E-state index in [-0.39, 0.29) is 0 Å². The maximum Gasteiger partial charge on any atom is 0.417 e. The number of nitrogens with one attached hydrogen (secondary N) is 1. The van der Waals surface area contributed by atoms with Crippen LogP contribution in [0.25, 0.3) is 10.9 Å². The SMILES string of the molecule is O=c1[nH]c2cc(C(F)(F)F)c(Br)c([N+](=O)[O-])c2c(O)c1[N+](=O)[O-]. The van der Waals surface area contributed by atoms with Gasteiger partial charge in [0.05, 0.1) is 20.9 Å². The third-order valence-electron chi connectivity index (χ3n) is 2.83. The fourth-order valence-electron chi connectivity index (χ4n) is 1.94. The van der Waals surface area contributed by atoms with Crippen molar-refractivity contribution >= 4 is 38.2 Å². The summed E-state index contributed by atoms with van der Waals surface area (Å²) in [7, 11) is 0. The zero-order valence-electron chi connectivity index (χ0n) is 10.5. The molecule has 0 saturated heterocycles. The largest absolute Gasteiger partial charge is 0.501 e. The van der Waals surface area contributed by atoms with Crippen molar-refractivity contribution in [1.29, 1.82) is 0 Å². The molecule has 0 spiro atoms. The Morgan fingerprint density at radius 2 is 1.70 bits per heavy atom. The number of nitro groups is 2. The van der Waals surface area contributed by atoms with Gasteiger partial charge >= 0.3 is 17.4 Å². The van der Waals surface area contributed by atoms with Gasteiger partial charge in [0.15, 0.2) is 0 Å². The van der Waals surface area contributed by atoms with Gasteiger partial charge in [-0.25, -0.2) is 0 Å². The Kier molecular flexibility index (Phi) is 3.76. The lowest BCUT2D eigenvalue weighted by Gasteiger charge is -2.12. The highest BCUT2D eigenvalue weighted by atomic mass is 79.9. The van der Waals surface area contributed by atoms with Crippen LogP contribution in [0.5, 0.6) is 5.75 Å². The quantitative estimate of drug-likeness (QED) is 0.589. The molecule has 122 valence electrons. The molecule has 0 aliphatic rings. The van der Waals surface area contributed by atoms with E-state index < -0.39 is 59.6 Å². The second-order valence-corrected chi connectivity index (χ2v) is 4.97. The van der Waals surface area contributed by atoms with Crippen LogP contribution in [0.1, 0.15) is 5.56 Å². The lowest BCUT2D eigenvalue weighted by molar-refractivity contribution is -0.388. The van der Waals surface area contributed by atoms with Crippen molar-refractivity contribution in [3.05, 3.63) is 46.7 Å². The first-order chi connectivity index (χ1) is 10.5. The molecule has 2 N–H and O–H groups in total. The Morgan fingerprint density at radius 1 is 1.17 bits per heavy atom. The summed E-state index contributed by atoms with van der Waals surface area (Å²) in [4.78, 5) is 32.5. The van der Waals surface area contributed by atoms with Gasteiger partial charge in [-0.2, -0.15) is 13.2 Å². The summed E-state index contributed by atoms with van der Waals surface area (Å²) in [5, 5.41) is 30.7. The average molecular weight is 398 g/mol. The fourth-order valence-corrected chi connectivity index (χ4v) is 2.62. The van der Waals surface area contributed by atoms with Crippen LogP contribution in [-0.2, 0) is 6.18 Å². The van der Waals surface area contributed by atoms with Crippen molar-refractivity contribution in [2.24, 2.45) is 0 Å². The number of hydrogen-bond donors (Lipinski definition) is 2. The zero-order chi connectivity index (χ0) is 17.7. The Morgan fingerprint density at radius 3 is 2.13 bits per heavy atom. The molecule has 0 atom stereocenters. The molecule has 0 bridgehead atoms. The number of halogens is 4. The number of rotatable bonds is 2. The molecule has 1 heterocycles. The molecule has 9 nitrogen and oxygen atoms in total. The summed E-state index contributed by atoms with van der Waals surface area (Å²) in [6.07, 6.45) is -5.01. The lowest BCUT2D eigenvalue weighted by atomic mass is 10.1. The van der Waals surface area contributed by atoms with Crippen molar-refractivity contribution in [3.8, 4) is 5.75 Å². The molecule has 0 unspecified atom stereocenters. The number of benzene rings is 1. The van der Waals surface area contributed by atoms with Crippen LogP contribution >= 0.6 is 15.9 Å². The summed E-state index contributed by atoms with van der Waals surface area (Å²) in [6, 6.07) is 0.331. The van der Waals surface area contributed by atoms with Crippen molar-refractivity contribution in [3.63, 3.8) is 0 Å². The standard InChI is InChI=1S/C10H3BrF3N3O6/c11-5-2(10(12,13)14)1-3-4(6(5)16(20)21)8(18)7(17(22)23)9(19)15-3/h1H,(H2,15,18,19). The highest BCUT2D eigenvalue weighted by Gasteiger charge is 2.39. The summed E-state index contributed by atoms with van der Waals surface area (Å²) in [5.74, 6) is -1.39. The van der Waals surface area contributed by atoms with Crippen molar-refractivity contribution in [1.82, 2.24) is 4.98 Å². The molecule has 0 fully saturated rings. The van der Waals surface area contributed by atoms with Crippen LogP contribution in [0.15, 0.2) is 15.3 Å². The predicted octanol–water partition coefficient (Wildman–Crippen LogP) is 2.83. The van der Waals surface area contributed by atoms with E-state index in [1.165, 1.54) is 0 Å². The maximum absolute atomic E-state index is 12.9. The molecule has 0 aliphatic heterocycles. The molecular weight excluding hydrogens is 395 g/mol. The second-order valence-electron chi connectivity index (χ2n) is 4.17. The van der Waals surface area contributed by atoms with Crippen LogP contribution in [0.2, 0.25) is 0 Å². The summed E-state index contributed by atoms with van der Waals surface area (Å²) < 4.78 is 37.7. The van der Waals surface area contributed by atoms with Crippen LogP contribution in [0.4, 0.5) is 24.5 Å². The van der Waals surface area contributed by atoms with Crippen molar-refractivity contribution in [2.45, 2.75) is 6.18 Å². The lowest BCUT2D eigenvalue weighted by Crippen LogP contribution is -2.14. The summed E-state index contributed by atoms with van der Waals surface area (Å²) in [6.45, 7) is 0. The number of nitrogens with zero attached hydrogens (tertiary/aromatic N) is 2. The molecule has 13 heteroatoms. The first-order valence-electron chi connectivity index (χ1n) is 5.44. The first-order valence-corrected chi connectivity index (χ1v) is 6.23. The van der Waals surface area contributed by atoms with Crippen LogP contribution in [-0.4, -0.2) is 19.9 Å². The van der Waals surface area contributed by atoms with E-state index in [4.69, 9.17) is 0 Å². The molecular formula is C10H3BrF3N3O6. The van der Waals surface area contributed by atoms with Crippen LogP contribution in [0, 0.1) is 20.2 Å². The third-order valence-corrected chi connectivity index (χ3v) is 3.64. The molecule has 0 radical (unpaired) electrons. The van der Waals surface area contributed by atoms with E-state index in [0.717, 1.165) is 0 Å². The van der Waals surface area contributed by atoms with Gasteiger partial charge in [-0.1, -0.05) is 0 Å². The number of aromatic amines is 1. The van der Waals surface area contributed by atoms with Gasteiger partial charge in [-0.15, -0.1) is 0 Å². The predicted molar refractivity (Wildman–Crippen MR) is 72.2 cm³/mol. The number of hydrogen-bond acceptors (Lipinski definition) is 6. The number of fused-ring (bicyclic) bond motifs is 1. The number of aromatic hydroxyl groups is 1. The van der Waals surface area contributed by atoms with E-state index in [1.807, 2.05) is 0 Å². The monoisotopic (exact) mass is 397 g/mol. The van der Waals surface area contributed by atoms with E-state index >= 15 is 0 Å². The molecule has 1 aromatic carbocycles. The number of alkyl halides is 3. The van der Waals surface area contributed by atoms with Gasteiger partial charge in [-0.3, -0.25) is 25.0 Å². The maximum atomic E-state index is 12.9. The first kappa shape index (κ1) is 16.7. The minimum Gasteiger partial charge on any atom is -0.501 e. The molecule has 1 aromatic heterocycles. The van der Waals surface area contributed by atoms with Gasteiger partial charge in [0, 0.05) is 0 Å². The van der Waals surface area contributed by atoms with Crippen LogP contribution in [0.3, 0.4) is 0 Å². The topological polar surface area (TPSA) is 139 Å².